The van der Waals surface area contributed by atoms with Crippen molar-refractivity contribution in [2.45, 2.75) is 20.3 Å². The molecule has 0 unspecified atom stereocenters. The van der Waals surface area contributed by atoms with Crippen molar-refractivity contribution in [3.63, 3.8) is 0 Å². The maximum atomic E-state index is 11.9. The molecule has 5 nitrogen and oxygen atoms in total. The lowest BCUT2D eigenvalue weighted by atomic mass is 9.89. The molecule has 1 heterocycles. The zero-order valence-corrected chi connectivity index (χ0v) is 10.9. The van der Waals surface area contributed by atoms with E-state index in [2.05, 4.69) is 10.3 Å². The lowest BCUT2D eigenvalue weighted by Gasteiger charge is -2.17. The summed E-state index contributed by atoms with van der Waals surface area (Å²) in [6.07, 6.45) is 1.64. The van der Waals surface area contributed by atoms with Gasteiger partial charge in [-0.25, -0.2) is 0 Å². The van der Waals surface area contributed by atoms with E-state index in [0.717, 1.165) is 10.9 Å². The van der Waals surface area contributed by atoms with Crippen LogP contribution in [0.15, 0.2) is 30.5 Å². The number of aromatic nitrogens is 1. The van der Waals surface area contributed by atoms with Crippen LogP contribution in [0.2, 0.25) is 0 Å². The van der Waals surface area contributed by atoms with Crippen molar-refractivity contribution >= 4 is 28.5 Å². The van der Waals surface area contributed by atoms with Crippen molar-refractivity contribution in [2.75, 3.05) is 5.32 Å². The van der Waals surface area contributed by atoms with E-state index in [1.165, 1.54) is 13.8 Å². The zero-order valence-electron chi connectivity index (χ0n) is 10.9. The Kier molecular flexibility index (Phi) is 3.29. The predicted molar refractivity (Wildman–Crippen MR) is 73.0 cm³/mol. The Morgan fingerprint density at radius 2 is 2.00 bits per heavy atom. The maximum absolute atomic E-state index is 11.9. The minimum Gasteiger partial charge on any atom is -0.481 e. The number of amides is 1. The fourth-order valence-corrected chi connectivity index (χ4v) is 1.85. The molecule has 0 aliphatic rings. The van der Waals surface area contributed by atoms with Crippen LogP contribution >= 0.6 is 0 Å². The number of anilines is 1. The van der Waals surface area contributed by atoms with Crippen LogP contribution in [-0.4, -0.2) is 22.0 Å². The molecular weight excluding hydrogens is 244 g/mol. The lowest BCUT2D eigenvalue weighted by Crippen LogP contribution is -2.29. The van der Waals surface area contributed by atoms with Crippen molar-refractivity contribution in [1.29, 1.82) is 0 Å². The Hall–Kier alpha value is -2.30. The SMILES string of the molecule is CC(C)(CC(=O)Nc1c[nH]c2ccccc12)C(=O)O. The molecule has 2 aromatic rings. The first-order valence-corrected chi connectivity index (χ1v) is 5.99. The molecule has 5 heteroatoms. The summed E-state index contributed by atoms with van der Waals surface area (Å²) in [5.41, 5.74) is 0.521. The van der Waals surface area contributed by atoms with E-state index in [-0.39, 0.29) is 12.3 Å². The summed E-state index contributed by atoms with van der Waals surface area (Å²) in [7, 11) is 0. The second kappa shape index (κ2) is 4.76. The molecule has 0 fully saturated rings. The quantitative estimate of drug-likeness (QED) is 0.790. The Morgan fingerprint density at radius 1 is 1.32 bits per heavy atom. The number of hydrogen-bond acceptors (Lipinski definition) is 2. The first-order valence-electron chi connectivity index (χ1n) is 5.99. The van der Waals surface area contributed by atoms with E-state index in [1.807, 2.05) is 24.3 Å². The standard InChI is InChI=1S/C14H16N2O3/c1-14(2,13(18)19)7-12(17)16-11-8-15-10-6-4-3-5-9(10)11/h3-6,8,15H,7H2,1-2H3,(H,16,17)(H,18,19). The highest BCUT2D eigenvalue weighted by atomic mass is 16.4. The number of hydrogen-bond donors (Lipinski definition) is 3. The van der Waals surface area contributed by atoms with E-state index < -0.39 is 11.4 Å². The number of carboxylic acid groups (broad SMARTS) is 1. The number of fused-ring (bicyclic) bond motifs is 1. The summed E-state index contributed by atoms with van der Waals surface area (Å²) >= 11 is 0. The molecule has 0 aliphatic heterocycles. The summed E-state index contributed by atoms with van der Waals surface area (Å²) < 4.78 is 0. The minimum absolute atomic E-state index is 0.0676. The number of carboxylic acids is 1. The fraction of sp³-hybridized carbons (Fsp3) is 0.286. The summed E-state index contributed by atoms with van der Waals surface area (Å²) in [6, 6.07) is 7.58. The molecule has 0 bridgehead atoms. The van der Waals surface area contributed by atoms with Crippen molar-refractivity contribution < 1.29 is 14.7 Å². The predicted octanol–water partition coefficient (Wildman–Crippen LogP) is 2.61. The van der Waals surface area contributed by atoms with E-state index in [1.54, 1.807) is 6.20 Å². The third kappa shape index (κ3) is 2.76. The number of H-pyrrole nitrogens is 1. The number of para-hydroxylation sites is 1. The number of aromatic amines is 1. The highest BCUT2D eigenvalue weighted by Gasteiger charge is 2.30. The Morgan fingerprint density at radius 3 is 2.68 bits per heavy atom. The third-order valence-corrected chi connectivity index (χ3v) is 3.04. The largest absolute Gasteiger partial charge is 0.481 e. The molecule has 0 radical (unpaired) electrons. The molecule has 1 aromatic heterocycles. The first-order chi connectivity index (χ1) is 8.90. The molecule has 0 saturated heterocycles. The summed E-state index contributed by atoms with van der Waals surface area (Å²) in [6.45, 7) is 3.06. The minimum atomic E-state index is -1.07. The van der Waals surface area contributed by atoms with E-state index in [9.17, 15) is 9.59 Å². The second-order valence-electron chi connectivity index (χ2n) is 5.16. The number of rotatable bonds is 4. The van der Waals surface area contributed by atoms with Gasteiger partial charge in [0.1, 0.15) is 0 Å². The number of nitrogens with one attached hydrogen (secondary N) is 2. The summed E-state index contributed by atoms with van der Waals surface area (Å²) in [5.74, 6) is -1.29. The number of carbonyl (C=O) groups is 2. The van der Waals surface area contributed by atoms with Gasteiger partial charge in [-0.2, -0.15) is 0 Å². The topological polar surface area (TPSA) is 82.2 Å². The van der Waals surface area contributed by atoms with Crippen LogP contribution < -0.4 is 5.32 Å². The highest BCUT2D eigenvalue weighted by molar-refractivity contribution is 6.02. The van der Waals surface area contributed by atoms with Gasteiger partial charge < -0.3 is 15.4 Å². The van der Waals surface area contributed by atoms with Gasteiger partial charge in [-0.3, -0.25) is 9.59 Å². The van der Waals surface area contributed by atoms with Gasteiger partial charge in [-0.15, -0.1) is 0 Å². The maximum Gasteiger partial charge on any atom is 0.309 e. The van der Waals surface area contributed by atoms with Crippen LogP contribution in [-0.2, 0) is 9.59 Å². The lowest BCUT2D eigenvalue weighted by molar-refractivity contribution is -0.148. The van der Waals surface area contributed by atoms with Crippen molar-refractivity contribution in [1.82, 2.24) is 4.98 Å². The first kappa shape index (κ1) is 13.1. The molecule has 0 atom stereocenters. The van der Waals surface area contributed by atoms with Gasteiger partial charge in [0, 0.05) is 23.5 Å². The average molecular weight is 260 g/mol. The highest BCUT2D eigenvalue weighted by Crippen LogP contribution is 2.25. The molecule has 1 amide bonds. The number of aliphatic carboxylic acids is 1. The molecule has 3 N–H and O–H groups in total. The van der Waals surface area contributed by atoms with Crippen LogP contribution in [0.25, 0.3) is 10.9 Å². The van der Waals surface area contributed by atoms with Crippen molar-refractivity contribution in [2.24, 2.45) is 5.41 Å². The average Bonchev–Trinajstić information content (AvgIpc) is 2.72. The van der Waals surface area contributed by atoms with Gasteiger partial charge in [-0.1, -0.05) is 18.2 Å². The molecule has 0 saturated carbocycles. The third-order valence-electron chi connectivity index (χ3n) is 3.04. The second-order valence-corrected chi connectivity index (χ2v) is 5.16. The Balaban J connectivity index is 2.13. The molecular formula is C14H16N2O3. The zero-order chi connectivity index (χ0) is 14.0. The number of carbonyl (C=O) groups excluding carboxylic acids is 1. The summed E-state index contributed by atoms with van der Waals surface area (Å²) in [5, 5.41) is 12.7. The fourth-order valence-electron chi connectivity index (χ4n) is 1.85. The molecule has 0 aliphatic carbocycles. The molecule has 1 aromatic carbocycles. The summed E-state index contributed by atoms with van der Waals surface area (Å²) in [4.78, 5) is 25.9. The van der Waals surface area contributed by atoms with Crippen LogP contribution in [0, 0.1) is 5.41 Å². The Bertz CT molecular complexity index is 628. The smallest absolute Gasteiger partial charge is 0.309 e. The van der Waals surface area contributed by atoms with Gasteiger partial charge in [0.05, 0.1) is 11.1 Å². The molecule has 0 spiro atoms. The van der Waals surface area contributed by atoms with Crippen LogP contribution in [0.3, 0.4) is 0 Å². The van der Waals surface area contributed by atoms with Crippen LogP contribution in [0.4, 0.5) is 5.69 Å². The van der Waals surface area contributed by atoms with E-state index in [4.69, 9.17) is 5.11 Å². The monoisotopic (exact) mass is 260 g/mol. The van der Waals surface area contributed by atoms with Crippen molar-refractivity contribution in [3.05, 3.63) is 30.5 Å². The van der Waals surface area contributed by atoms with Crippen LogP contribution in [0.5, 0.6) is 0 Å². The Labute approximate surface area is 110 Å². The molecule has 19 heavy (non-hydrogen) atoms. The van der Waals surface area contributed by atoms with Gasteiger partial charge in [0.15, 0.2) is 0 Å². The molecule has 100 valence electrons. The van der Waals surface area contributed by atoms with E-state index >= 15 is 0 Å². The van der Waals surface area contributed by atoms with Gasteiger partial charge >= 0.3 is 5.97 Å². The van der Waals surface area contributed by atoms with Gasteiger partial charge in [-0.05, 0) is 19.9 Å². The van der Waals surface area contributed by atoms with Gasteiger partial charge in [0.25, 0.3) is 0 Å². The van der Waals surface area contributed by atoms with E-state index in [0.29, 0.717) is 5.69 Å². The van der Waals surface area contributed by atoms with Crippen molar-refractivity contribution in [3.8, 4) is 0 Å². The van der Waals surface area contributed by atoms with Crippen LogP contribution in [0.1, 0.15) is 20.3 Å². The number of benzene rings is 1. The molecule has 2 rings (SSSR count). The normalized spacial score (nSPS) is 11.5. The van der Waals surface area contributed by atoms with Gasteiger partial charge in [0.2, 0.25) is 5.91 Å².